The van der Waals surface area contributed by atoms with Gasteiger partial charge in [-0.1, -0.05) is 26.7 Å². The third kappa shape index (κ3) is 1.43. The summed E-state index contributed by atoms with van der Waals surface area (Å²) in [6.07, 6.45) is 5.44. The molecule has 0 aromatic carbocycles. The van der Waals surface area contributed by atoms with Crippen molar-refractivity contribution in [3.63, 3.8) is 0 Å². The molecule has 0 spiro atoms. The molecule has 0 nitrogen and oxygen atoms in total. The van der Waals surface area contributed by atoms with Gasteiger partial charge in [0.2, 0.25) is 0 Å². The fraction of sp³-hybridized carbons (Fsp3) is 1.00. The van der Waals surface area contributed by atoms with E-state index in [0.29, 0.717) is 4.75 Å². The van der Waals surface area contributed by atoms with Crippen molar-refractivity contribution in [3.8, 4) is 0 Å². The lowest BCUT2D eigenvalue weighted by Crippen LogP contribution is -2.23. The van der Waals surface area contributed by atoms with Crippen LogP contribution in [0.3, 0.4) is 0 Å². The predicted octanol–water partition coefficient (Wildman–Crippen LogP) is 2.89. The van der Waals surface area contributed by atoms with Gasteiger partial charge in [0.05, 0.1) is 0 Å². The van der Waals surface area contributed by atoms with Crippen molar-refractivity contribution in [1.82, 2.24) is 0 Å². The normalized spacial score (nSPS) is 25.3. The minimum atomic E-state index is 0.389. The summed E-state index contributed by atoms with van der Waals surface area (Å²) in [5.74, 6) is 0.753. The van der Waals surface area contributed by atoms with Gasteiger partial charge in [-0.25, -0.2) is 0 Å². The summed E-state index contributed by atoms with van der Waals surface area (Å²) in [5.41, 5.74) is 0. The third-order valence-electron chi connectivity index (χ3n) is 2.54. The van der Waals surface area contributed by atoms with Gasteiger partial charge in [-0.15, -0.1) is 0 Å². The molecular weight excluding hydrogens is 128 g/mol. The molecule has 1 rings (SSSR count). The summed E-state index contributed by atoms with van der Waals surface area (Å²) >= 11 is 4.68. The van der Waals surface area contributed by atoms with Gasteiger partial charge in [-0.3, -0.25) is 0 Å². The van der Waals surface area contributed by atoms with Crippen molar-refractivity contribution in [2.24, 2.45) is 5.92 Å². The largest absolute Gasteiger partial charge is 0.172 e. The average Bonchev–Trinajstić information content (AvgIpc) is 2.16. The molecule has 0 N–H and O–H groups in total. The monoisotopic (exact) mass is 144 g/mol. The minimum Gasteiger partial charge on any atom is -0.172 e. The van der Waals surface area contributed by atoms with Crippen molar-refractivity contribution in [1.29, 1.82) is 0 Å². The Labute approximate surface area is 63.4 Å². The molecule has 1 fully saturated rings. The van der Waals surface area contributed by atoms with Crippen LogP contribution in [0.5, 0.6) is 0 Å². The van der Waals surface area contributed by atoms with Gasteiger partial charge in [0, 0.05) is 4.75 Å². The summed E-state index contributed by atoms with van der Waals surface area (Å²) in [4.78, 5) is 0. The van der Waals surface area contributed by atoms with Crippen LogP contribution < -0.4 is 0 Å². The highest BCUT2D eigenvalue weighted by atomic mass is 32.1. The maximum absolute atomic E-state index is 4.68. The number of hydrogen-bond acceptors (Lipinski definition) is 1. The molecule has 0 bridgehead atoms. The topological polar surface area (TPSA) is 0 Å². The van der Waals surface area contributed by atoms with Crippen LogP contribution in [0.1, 0.15) is 39.5 Å². The Hall–Kier alpha value is 0.350. The van der Waals surface area contributed by atoms with Crippen LogP contribution in [0.15, 0.2) is 0 Å². The Morgan fingerprint density at radius 3 is 1.89 bits per heavy atom. The van der Waals surface area contributed by atoms with Gasteiger partial charge in [-0.2, -0.15) is 12.6 Å². The standard InChI is InChI=1S/C8H16S/c1-7(2)8(9)5-3-4-6-8/h7,9H,3-6H2,1-2H3. The van der Waals surface area contributed by atoms with E-state index in [1.54, 1.807) is 0 Å². The van der Waals surface area contributed by atoms with Crippen LogP contribution in [0.2, 0.25) is 0 Å². The molecule has 0 unspecified atom stereocenters. The summed E-state index contributed by atoms with van der Waals surface area (Å²) < 4.78 is 0.389. The lowest BCUT2D eigenvalue weighted by atomic mass is 9.93. The van der Waals surface area contributed by atoms with Crippen molar-refractivity contribution in [2.75, 3.05) is 0 Å². The van der Waals surface area contributed by atoms with Crippen molar-refractivity contribution in [3.05, 3.63) is 0 Å². The molecule has 0 saturated heterocycles. The summed E-state index contributed by atoms with van der Waals surface area (Å²) in [7, 11) is 0. The maximum Gasteiger partial charge on any atom is 0.0152 e. The second-order valence-electron chi connectivity index (χ2n) is 3.47. The van der Waals surface area contributed by atoms with Gasteiger partial charge >= 0.3 is 0 Å². The van der Waals surface area contributed by atoms with Gasteiger partial charge in [-0.05, 0) is 18.8 Å². The highest BCUT2D eigenvalue weighted by molar-refractivity contribution is 7.81. The smallest absolute Gasteiger partial charge is 0.0152 e. The Morgan fingerprint density at radius 1 is 1.22 bits per heavy atom. The van der Waals surface area contributed by atoms with Crippen LogP contribution in [0.25, 0.3) is 0 Å². The van der Waals surface area contributed by atoms with Gasteiger partial charge < -0.3 is 0 Å². The predicted molar refractivity (Wildman–Crippen MR) is 45.0 cm³/mol. The molecule has 9 heavy (non-hydrogen) atoms. The van der Waals surface area contributed by atoms with Gasteiger partial charge in [0.1, 0.15) is 0 Å². The molecule has 0 aromatic rings. The third-order valence-corrected chi connectivity index (χ3v) is 3.51. The fourth-order valence-corrected chi connectivity index (χ4v) is 1.88. The molecule has 1 heteroatoms. The van der Waals surface area contributed by atoms with Crippen LogP contribution in [0.4, 0.5) is 0 Å². The first kappa shape index (κ1) is 7.46. The van der Waals surface area contributed by atoms with Crippen LogP contribution in [-0.2, 0) is 0 Å². The molecule has 0 atom stereocenters. The summed E-state index contributed by atoms with van der Waals surface area (Å²) in [6.45, 7) is 4.55. The lowest BCUT2D eigenvalue weighted by Gasteiger charge is -2.26. The van der Waals surface area contributed by atoms with E-state index in [1.165, 1.54) is 25.7 Å². The SMILES string of the molecule is CC(C)C1(S)CCCC1. The number of rotatable bonds is 1. The molecule has 0 aliphatic heterocycles. The first-order valence-corrected chi connectivity index (χ1v) is 4.32. The Morgan fingerprint density at radius 2 is 1.67 bits per heavy atom. The van der Waals surface area contributed by atoms with Crippen molar-refractivity contribution < 1.29 is 0 Å². The van der Waals surface area contributed by atoms with E-state index < -0.39 is 0 Å². The molecule has 0 aromatic heterocycles. The first-order valence-electron chi connectivity index (χ1n) is 3.87. The number of thiol groups is 1. The quantitative estimate of drug-likeness (QED) is 0.537. The zero-order valence-electron chi connectivity index (χ0n) is 6.35. The Balaban J connectivity index is 2.51. The van der Waals surface area contributed by atoms with Gasteiger partial charge in [0.25, 0.3) is 0 Å². The van der Waals surface area contributed by atoms with Crippen molar-refractivity contribution >= 4 is 12.6 Å². The minimum absolute atomic E-state index is 0.389. The Kier molecular flexibility index (Phi) is 2.10. The molecule has 0 amide bonds. The van der Waals surface area contributed by atoms with Crippen LogP contribution >= 0.6 is 12.6 Å². The molecule has 1 aliphatic rings. The zero-order valence-corrected chi connectivity index (χ0v) is 7.25. The first-order chi connectivity index (χ1) is 4.15. The average molecular weight is 144 g/mol. The second-order valence-corrected chi connectivity index (χ2v) is 4.36. The highest BCUT2D eigenvalue weighted by Gasteiger charge is 2.32. The highest BCUT2D eigenvalue weighted by Crippen LogP contribution is 2.40. The van der Waals surface area contributed by atoms with E-state index in [-0.39, 0.29) is 0 Å². The van der Waals surface area contributed by atoms with E-state index in [4.69, 9.17) is 0 Å². The van der Waals surface area contributed by atoms with E-state index >= 15 is 0 Å². The van der Waals surface area contributed by atoms with Gasteiger partial charge in [0.15, 0.2) is 0 Å². The van der Waals surface area contributed by atoms with E-state index in [2.05, 4.69) is 26.5 Å². The van der Waals surface area contributed by atoms with E-state index in [9.17, 15) is 0 Å². The molecule has 0 radical (unpaired) electrons. The summed E-state index contributed by atoms with van der Waals surface area (Å²) in [5, 5.41) is 0. The van der Waals surface area contributed by atoms with E-state index in [0.717, 1.165) is 5.92 Å². The fourth-order valence-electron chi connectivity index (χ4n) is 1.56. The van der Waals surface area contributed by atoms with Crippen LogP contribution in [-0.4, -0.2) is 4.75 Å². The molecule has 1 saturated carbocycles. The maximum atomic E-state index is 4.68. The zero-order chi connectivity index (χ0) is 6.91. The lowest BCUT2D eigenvalue weighted by molar-refractivity contribution is 0.448. The molecular formula is C8H16S. The van der Waals surface area contributed by atoms with Crippen LogP contribution in [0, 0.1) is 5.92 Å². The Bertz CT molecular complexity index is 90.7. The van der Waals surface area contributed by atoms with E-state index in [1.807, 2.05) is 0 Å². The molecule has 54 valence electrons. The molecule has 0 heterocycles. The van der Waals surface area contributed by atoms with Crippen molar-refractivity contribution in [2.45, 2.75) is 44.3 Å². The second kappa shape index (κ2) is 2.53. The number of hydrogen-bond donors (Lipinski definition) is 1. The summed E-state index contributed by atoms with van der Waals surface area (Å²) in [6, 6.07) is 0. The molecule has 1 aliphatic carbocycles.